The van der Waals surface area contributed by atoms with Gasteiger partial charge in [-0.2, -0.15) is 0 Å². The summed E-state index contributed by atoms with van der Waals surface area (Å²) in [6, 6.07) is 16.7. The predicted octanol–water partition coefficient (Wildman–Crippen LogP) is -1.63. The molecule has 1 aromatic heterocycles. The third kappa shape index (κ3) is 3.96. The fourth-order valence-electron chi connectivity index (χ4n) is 2.21. The second-order valence-corrected chi connectivity index (χ2v) is 4.58. The Hall–Kier alpha value is -1.18. The molecule has 2 aromatic carbocycles. The number of carbonyl (C=O) groups excluding carboxylic acids is 1. The summed E-state index contributed by atoms with van der Waals surface area (Å²) in [5.41, 5.74) is 1.50. The number of carboxylic acid groups (broad SMARTS) is 1. The van der Waals surface area contributed by atoms with E-state index in [1.807, 2.05) is 54.6 Å². The van der Waals surface area contributed by atoms with E-state index in [0.29, 0.717) is 11.6 Å². The number of carboxylic acids is 1. The van der Waals surface area contributed by atoms with E-state index in [1.165, 1.54) is 0 Å². The van der Waals surface area contributed by atoms with Gasteiger partial charge in [0, 0.05) is 0 Å². The van der Waals surface area contributed by atoms with Crippen LogP contribution in [0, 0.1) is 0 Å². The van der Waals surface area contributed by atoms with Crippen LogP contribution in [0.1, 0.15) is 5.82 Å². The van der Waals surface area contributed by atoms with Crippen LogP contribution in [-0.2, 0) is 17.9 Å². The van der Waals surface area contributed by atoms with Gasteiger partial charge < -0.3 is 19.2 Å². The van der Waals surface area contributed by atoms with Gasteiger partial charge in [-0.05, 0) is 24.3 Å². The van der Waals surface area contributed by atoms with Crippen LogP contribution in [-0.4, -0.2) is 15.5 Å². The van der Waals surface area contributed by atoms with E-state index < -0.39 is 5.97 Å². The minimum absolute atomic E-state index is 0. The number of ether oxygens (including phenoxy) is 1. The van der Waals surface area contributed by atoms with E-state index in [-0.39, 0.29) is 64.5 Å². The number of carbonyl (C=O) groups is 1. The van der Waals surface area contributed by atoms with Gasteiger partial charge in [-0.25, -0.2) is 4.98 Å². The monoisotopic (exact) mass is 320 g/mol. The molecule has 0 fully saturated rings. The molecule has 1 heterocycles. The summed E-state index contributed by atoms with van der Waals surface area (Å²) in [7, 11) is 0. The van der Waals surface area contributed by atoms with Crippen molar-refractivity contribution in [3.8, 4) is 5.75 Å². The van der Waals surface area contributed by atoms with Crippen molar-refractivity contribution in [2.75, 3.05) is 0 Å². The Morgan fingerprint density at radius 2 is 1.77 bits per heavy atom. The quantitative estimate of drug-likeness (QED) is 0.530. The summed E-state index contributed by atoms with van der Waals surface area (Å²) in [5.74, 6) is 0.118. The van der Waals surface area contributed by atoms with Crippen LogP contribution in [0.3, 0.4) is 0 Å². The molecule has 0 aliphatic carbocycles. The molecule has 5 nitrogen and oxygen atoms in total. The minimum Gasteiger partial charge on any atom is -0.548 e. The molecule has 0 saturated heterocycles. The van der Waals surface area contributed by atoms with Gasteiger partial charge in [-0.1, -0.05) is 30.3 Å². The van der Waals surface area contributed by atoms with E-state index >= 15 is 0 Å². The van der Waals surface area contributed by atoms with Crippen LogP contribution in [0.15, 0.2) is 54.6 Å². The number of imidazole rings is 1. The number of aliphatic carboxylic acids is 1. The largest absolute Gasteiger partial charge is 1.00 e. The maximum Gasteiger partial charge on any atom is 1.00 e. The molecule has 0 atom stereocenters. The predicted molar refractivity (Wildman–Crippen MR) is 75.5 cm³/mol. The van der Waals surface area contributed by atoms with Gasteiger partial charge in [0.1, 0.15) is 18.2 Å². The summed E-state index contributed by atoms with van der Waals surface area (Å²) in [6.45, 7) is -0.0417. The van der Waals surface area contributed by atoms with Crippen LogP contribution in [0.2, 0.25) is 0 Å². The van der Waals surface area contributed by atoms with Gasteiger partial charge in [0.2, 0.25) is 0 Å². The number of aromatic nitrogens is 2. The average Bonchev–Trinajstić information content (AvgIpc) is 2.84. The van der Waals surface area contributed by atoms with E-state index in [1.54, 1.807) is 4.57 Å². The molecule has 106 valence electrons. The van der Waals surface area contributed by atoms with Crippen LogP contribution in [0.25, 0.3) is 11.0 Å². The van der Waals surface area contributed by atoms with Gasteiger partial charge in [0.05, 0.1) is 23.5 Å². The first-order chi connectivity index (χ1) is 10.2. The first kappa shape index (κ1) is 17.2. The molecule has 3 rings (SSSR count). The molecule has 0 spiro atoms. The molecular weight excluding hydrogens is 307 g/mol. The molecule has 0 saturated carbocycles. The molecule has 6 heteroatoms. The molecule has 0 amide bonds. The number of nitrogens with zero attached hydrogens (tertiary/aromatic N) is 2. The van der Waals surface area contributed by atoms with Gasteiger partial charge in [0.25, 0.3) is 0 Å². The van der Waals surface area contributed by atoms with E-state index in [0.717, 1.165) is 11.0 Å². The Labute approximate surface area is 170 Å². The summed E-state index contributed by atoms with van der Waals surface area (Å²) in [6.07, 6.45) is 0. The minimum atomic E-state index is -1.15. The van der Waals surface area contributed by atoms with Crippen LogP contribution in [0.4, 0.5) is 0 Å². The summed E-state index contributed by atoms with van der Waals surface area (Å²) >= 11 is 0. The van der Waals surface area contributed by atoms with Crippen LogP contribution >= 0.6 is 0 Å². The molecule has 0 aliphatic rings. The van der Waals surface area contributed by atoms with Gasteiger partial charge in [-0.3, -0.25) is 0 Å². The fourth-order valence-corrected chi connectivity index (χ4v) is 2.21. The second kappa shape index (κ2) is 7.89. The van der Waals surface area contributed by atoms with Crippen molar-refractivity contribution in [2.45, 2.75) is 13.2 Å². The Morgan fingerprint density at radius 3 is 2.50 bits per heavy atom. The smallest absolute Gasteiger partial charge is 0.548 e. The average molecular weight is 320 g/mol. The van der Waals surface area contributed by atoms with Gasteiger partial charge in [0.15, 0.2) is 0 Å². The summed E-state index contributed by atoms with van der Waals surface area (Å²) in [5, 5.41) is 10.9. The number of para-hydroxylation sites is 3. The number of hydrogen-bond acceptors (Lipinski definition) is 4. The molecule has 22 heavy (non-hydrogen) atoms. The molecule has 0 aliphatic heterocycles. The fraction of sp³-hybridized carbons (Fsp3) is 0.125. The Bertz CT molecular complexity index is 771. The summed E-state index contributed by atoms with van der Waals surface area (Å²) in [4.78, 5) is 15.4. The van der Waals surface area contributed by atoms with Crippen LogP contribution < -0.4 is 61.2 Å². The van der Waals surface area contributed by atoms with Crippen molar-refractivity contribution in [3.63, 3.8) is 0 Å². The van der Waals surface area contributed by atoms with Crippen LogP contribution in [0.5, 0.6) is 5.75 Å². The van der Waals surface area contributed by atoms with Crippen molar-refractivity contribution in [3.05, 3.63) is 60.4 Å². The molecule has 0 radical (unpaired) electrons. The Kier molecular flexibility index (Phi) is 6.16. The third-order valence-corrected chi connectivity index (χ3v) is 3.13. The van der Waals surface area contributed by atoms with Crippen molar-refractivity contribution in [1.82, 2.24) is 9.55 Å². The first-order valence-electron chi connectivity index (χ1n) is 6.56. The van der Waals surface area contributed by atoms with Crippen molar-refractivity contribution >= 4 is 17.0 Å². The Balaban J connectivity index is 0.00000176. The topological polar surface area (TPSA) is 67.2 Å². The normalized spacial score (nSPS) is 10.2. The van der Waals surface area contributed by atoms with Gasteiger partial charge >= 0.3 is 51.4 Å². The first-order valence-corrected chi connectivity index (χ1v) is 6.56. The number of hydrogen-bond donors (Lipinski definition) is 0. The molecule has 3 aromatic rings. The summed E-state index contributed by atoms with van der Waals surface area (Å²) < 4.78 is 7.25. The zero-order valence-electron chi connectivity index (χ0n) is 12.2. The van der Waals surface area contributed by atoms with Crippen molar-refractivity contribution in [1.29, 1.82) is 0 Å². The van der Waals surface area contributed by atoms with Gasteiger partial charge in [-0.15, -0.1) is 0 Å². The molecule has 0 unspecified atom stereocenters. The Morgan fingerprint density at radius 1 is 1.09 bits per heavy atom. The SMILES string of the molecule is O=C([O-])Cn1c(COc2ccccc2)nc2ccccc21.[K+]. The van der Waals surface area contributed by atoms with Crippen molar-refractivity contribution < 1.29 is 66.0 Å². The maximum absolute atomic E-state index is 10.9. The number of benzene rings is 2. The van der Waals surface area contributed by atoms with E-state index in [4.69, 9.17) is 4.74 Å². The molecule has 0 N–H and O–H groups in total. The molecule has 0 bridgehead atoms. The standard InChI is InChI=1S/C16H14N2O3.K/c19-16(20)10-18-14-9-5-4-8-13(14)17-15(18)11-21-12-6-2-1-3-7-12;/h1-9H,10-11H2,(H,19,20);/q;+1/p-1. The van der Waals surface area contributed by atoms with Crippen molar-refractivity contribution in [2.24, 2.45) is 0 Å². The third-order valence-electron chi connectivity index (χ3n) is 3.13. The maximum atomic E-state index is 10.9. The number of fused-ring (bicyclic) bond motifs is 1. The second-order valence-electron chi connectivity index (χ2n) is 4.58. The zero-order valence-corrected chi connectivity index (χ0v) is 15.4. The van der Waals surface area contributed by atoms with E-state index in [9.17, 15) is 9.90 Å². The van der Waals surface area contributed by atoms with E-state index in [2.05, 4.69) is 4.98 Å². The number of rotatable bonds is 5. The molecular formula is C16H13KN2O3. The zero-order chi connectivity index (χ0) is 14.7.